The predicted molar refractivity (Wildman–Crippen MR) is 124 cm³/mol. The van der Waals surface area contributed by atoms with Gasteiger partial charge in [-0.25, -0.2) is 4.79 Å². The molecule has 10 heteroatoms. The van der Waals surface area contributed by atoms with Gasteiger partial charge in [-0.05, 0) is 38.0 Å². The molecular weight excluding hydrogens is 461 g/mol. The number of carbonyl (C=O) groups is 3. The van der Waals surface area contributed by atoms with Gasteiger partial charge in [-0.2, -0.15) is 0 Å². The first kappa shape index (κ1) is 23.4. The molecule has 166 valence electrons. The molecule has 1 aromatic heterocycles. The van der Waals surface area contributed by atoms with E-state index in [4.69, 9.17) is 23.2 Å². The number of anilines is 2. The molecule has 0 spiro atoms. The number of rotatable bonds is 6. The third-order valence-electron chi connectivity index (χ3n) is 5.10. The van der Waals surface area contributed by atoms with E-state index in [1.54, 1.807) is 24.3 Å². The summed E-state index contributed by atoms with van der Waals surface area (Å²) in [6.45, 7) is 1.44. The number of hydrogen-bond acceptors (Lipinski definition) is 4. The topological polar surface area (TPSA) is 98.7 Å². The van der Waals surface area contributed by atoms with Gasteiger partial charge >= 0.3 is 12.0 Å². The highest BCUT2D eigenvalue weighted by Crippen LogP contribution is 2.33. The van der Waals surface area contributed by atoms with E-state index in [2.05, 4.69) is 10.6 Å². The first-order valence-electron chi connectivity index (χ1n) is 9.91. The van der Waals surface area contributed by atoms with Crippen LogP contribution in [0.15, 0.2) is 24.3 Å². The Morgan fingerprint density at radius 1 is 1.13 bits per heavy atom. The van der Waals surface area contributed by atoms with Crippen LogP contribution < -0.4 is 10.6 Å². The lowest BCUT2D eigenvalue weighted by atomic mass is 9.93. The Balaban J connectivity index is 1.81. The molecule has 31 heavy (non-hydrogen) atoms. The number of aryl methyl sites for hydroxylation is 1. The lowest BCUT2D eigenvalue weighted by Gasteiger charge is -2.33. The van der Waals surface area contributed by atoms with Crippen molar-refractivity contribution in [3.05, 3.63) is 44.8 Å². The Morgan fingerprint density at radius 2 is 1.77 bits per heavy atom. The fourth-order valence-electron chi connectivity index (χ4n) is 3.69. The van der Waals surface area contributed by atoms with Gasteiger partial charge < -0.3 is 15.3 Å². The first-order chi connectivity index (χ1) is 14.8. The lowest BCUT2D eigenvalue weighted by Crippen LogP contribution is -2.44. The number of carbonyl (C=O) groups excluding carboxylic acids is 2. The maximum absolute atomic E-state index is 13.3. The number of nitrogens with one attached hydrogen (secondary N) is 2. The Bertz CT molecular complexity index is 969. The number of carboxylic acids is 1. The van der Waals surface area contributed by atoms with Crippen LogP contribution in [0.3, 0.4) is 0 Å². The van der Waals surface area contributed by atoms with Crippen molar-refractivity contribution in [1.82, 2.24) is 4.90 Å². The van der Waals surface area contributed by atoms with Crippen LogP contribution >= 0.6 is 34.5 Å². The molecule has 0 saturated heterocycles. The zero-order chi connectivity index (χ0) is 22.5. The number of halogens is 2. The van der Waals surface area contributed by atoms with Crippen molar-refractivity contribution in [2.24, 2.45) is 0 Å². The molecule has 0 bridgehead atoms. The van der Waals surface area contributed by atoms with Crippen LogP contribution in [0.2, 0.25) is 10.0 Å². The molecule has 1 aliphatic carbocycles. The number of carboxylic acid groups (broad SMARTS) is 1. The van der Waals surface area contributed by atoms with E-state index in [9.17, 15) is 19.5 Å². The van der Waals surface area contributed by atoms with Crippen molar-refractivity contribution in [1.29, 1.82) is 0 Å². The molecule has 1 fully saturated rings. The maximum Gasteiger partial charge on any atom is 0.324 e. The van der Waals surface area contributed by atoms with Crippen LogP contribution in [-0.4, -0.2) is 40.5 Å². The van der Waals surface area contributed by atoms with Crippen LogP contribution in [0.1, 0.15) is 47.3 Å². The number of para-hydroxylation sites is 1. The zero-order valence-corrected chi connectivity index (χ0v) is 19.2. The van der Waals surface area contributed by atoms with Gasteiger partial charge in [-0.15, -0.1) is 11.3 Å². The monoisotopic (exact) mass is 483 g/mol. The fourth-order valence-corrected chi connectivity index (χ4v) is 5.08. The highest BCUT2D eigenvalue weighted by atomic mass is 35.5. The van der Waals surface area contributed by atoms with Crippen LogP contribution in [0, 0.1) is 6.92 Å². The second-order valence-electron chi connectivity index (χ2n) is 7.39. The lowest BCUT2D eigenvalue weighted by molar-refractivity contribution is -0.138. The van der Waals surface area contributed by atoms with E-state index in [0.29, 0.717) is 5.00 Å². The highest BCUT2D eigenvalue weighted by Gasteiger charge is 2.30. The Kier molecular flexibility index (Phi) is 7.80. The fraction of sp³-hybridized carbons (Fsp3) is 0.381. The maximum atomic E-state index is 13.3. The van der Waals surface area contributed by atoms with Crippen LogP contribution in [-0.2, 0) is 4.79 Å². The van der Waals surface area contributed by atoms with E-state index in [1.165, 1.54) is 16.2 Å². The summed E-state index contributed by atoms with van der Waals surface area (Å²) >= 11 is 13.4. The highest BCUT2D eigenvalue weighted by molar-refractivity contribution is 7.16. The first-order valence-corrected chi connectivity index (χ1v) is 11.5. The van der Waals surface area contributed by atoms with E-state index in [-0.39, 0.29) is 33.9 Å². The summed E-state index contributed by atoms with van der Waals surface area (Å²) in [7, 11) is 0. The molecule has 3 rings (SSSR count). The number of benzene rings is 1. The van der Waals surface area contributed by atoms with E-state index in [1.807, 2.05) is 6.92 Å². The molecule has 0 unspecified atom stereocenters. The van der Waals surface area contributed by atoms with Gasteiger partial charge in [0.2, 0.25) is 0 Å². The summed E-state index contributed by atoms with van der Waals surface area (Å²) in [6.07, 6.45) is 4.55. The number of thiophene rings is 1. The molecule has 0 atom stereocenters. The number of nitrogens with zero attached hydrogens (tertiary/aromatic N) is 1. The van der Waals surface area contributed by atoms with Crippen LogP contribution in [0.4, 0.5) is 15.5 Å². The van der Waals surface area contributed by atoms with Crippen LogP contribution in [0.5, 0.6) is 0 Å². The minimum absolute atomic E-state index is 0.124. The quantitative estimate of drug-likeness (QED) is 0.478. The molecule has 1 aromatic carbocycles. The normalized spacial score (nSPS) is 14.2. The number of hydrogen-bond donors (Lipinski definition) is 3. The largest absolute Gasteiger partial charge is 0.480 e. The minimum atomic E-state index is -1.06. The van der Waals surface area contributed by atoms with Crippen molar-refractivity contribution in [3.8, 4) is 0 Å². The second kappa shape index (κ2) is 10.3. The second-order valence-corrected chi connectivity index (χ2v) is 9.46. The van der Waals surface area contributed by atoms with Crippen LogP contribution in [0.25, 0.3) is 0 Å². The third kappa shape index (κ3) is 5.90. The van der Waals surface area contributed by atoms with Crippen molar-refractivity contribution < 1.29 is 19.5 Å². The predicted octanol–water partition coefficient (Wildman–Crippen LogP) is 5.87. The van der Waals surface area contributed by atoms with Crippen molar-refractivity contribution in [3.63, 3.8) is 0 Å². The summed E-state index contributed by atoms with van der Waals surface area (Å²) in [4.78, 5) is 39.5. The summed E-state index contributed by atoms with van der Waals surface area (Å²) in [5.41, 5.74) is 0.536. The van der Waals surface area contributed by atoms with Crippen molar-refractivity contribution in [2.45, 2.75) is 45.1 Å². The number of amides is 3. The smallest absolute Gasteiger partial charge is 0.324 e. The molecule has 3 N–H and O–H groups in total. The third-order valence-corrected chi connectivity index (χ3v) is 6.69. The molecule has 7 nitrogen and oxygen atoms in total. The molecule has 0 radical (unpaired) electrons. The zero-order valence-electron chi connectivity index (χ0n) is 16.9. The molecule has 1 aliphatic rings. The Hall–Kier alpha value is -2.29. The summed E-state index contributed by atoms with van der Waals surface area (Å²) < 4.78 is 0. The van der Waals surface area contributed by atoms with Gasteiger partial charge in [0, 0.05) is 10.9 Å². The van der Waals surface area contributed by atoms with E-state index < -0.39 is 17.9 Å². The Labute approximate surface area is 194 Å². The molecule has 2 aromatic rings. The van der Waals surface area contributed by atoms with Crippen molar-refractivity contribution >= 4 is 63.1 Å². The van der Waals surface area contributed by atoms with Crippen molar-refractivity contribution in [2.75, 3.05) is 17.2 Å². The van der Waals surface area contributed by atoms with Gasteiger partial charge in [-0.1, -0.05) is 48.5 Å². The summed E-state index contributed by atoms with van der Waals surface area (Å²) in [5, 5.41) is 15.5. The van der Waals surface area contributed by atoms with E-state index in [0.717, 1.165) is 37.0 Å². The molecule has 1 heterocycles. The molecule has 1 saturated carbocycles. The molecular formula is C21H23Cl2N3O4S. The van der Waals surface area contributed by atoms with E-state index >= 15 is 0 Å². The molecule has 0 aliphatic heterocycles. The minimum Gasteiger partial charge on any atom is -0.480 e. The standard InChI is InChI=1S/C21H23Cl2N3O4S/c1-12-10-14(20(29)26(11-17(27)28)13-6-3-2-4-7-13)19(31-12)25-21(30)24-18-15(22)8-5-9-16(18)23/h5,8-10,13H,2-4,6-7,11H2,1H3,(H,27,28)(H2,24,25,30). The van der Waals surface area contributed by atoms with Gasteiger partial charge in [0.05, 0.1) is 21.3 Å². The number of urea groups is 1. The van der Waals surface area contributed by atoms with Gasteiger partial charge in [-0.3, -0.25) is 14.9 Å². The van der Waals surface area contributed by atoms with Gasteiger partial charge in [0.1, 0.15) is 11.5 Å². The number of aliphatic carboxylic acids is 1. The average molecular weight is 484 g/mol. The van der Waals surface area contributed by atoms with Gasteiger partial charge in [0.15, 0.2) is 0 Å². The van der Waals surface area contributed by atoms with Gasteiger partial charge in [0.25, 0.3) is 5.91 Å². The Morgan fingerprint density at radius 3 is 2.39 bits per heavy atom. The SMILES string of the molecule is Cc1cc(C(=O)N(CC(=O)O)C2CCCCC2)c(NC(=O)Nc2c(Cl)cccc2Cl)s1. The summed E-state index contributed by atoms with van der Waals surface area (Å²) in [6, 6.07) is 5.80. The summed E-state index contributed by atoms with van der Waals surface area (Å²) in [5.74, 6) is -1.46. The average Bonchev–Trinajstić information content (AvgIpc) is 3.09. The molecule has 3 amide bonds.